The summed E-state index contributed by atoms with van der Waals surface area (Å²) in [5, 5.41) is 0. The molecule has 0 unspecified atom stereocenters. The summed E-state index contributed by atoms with van der Waals surface area (Å²) in [6.07, 6.45) is 0. The Hall–Kier alpha value is 3.53. The van der Waals surface area contributed by atoms with Crippen molar-refractivity contribution in [1.82, 2.24) is 0 Å². The average Bonchev–Trinajstić information content (AvgIpc) is 0.722. The molecule has 0 atom stereocenters. The normalized spacial score (nSPS) is 10.9. The fraction of sp³-hybridized carbons (Fsp3) is 0. The van der Waals surface area contributed by atoms with Gasteiger partial charge in [-0.1, -0.05) is 0 Å². The summed E-state index contributed by atoms with van der Waals surface area (Å²) in [4.78, 5) is 0. The van der Waals surface area contributed by atoms with Crippen LogP contribution in [0.1, 0.15) is 0 Å². The van der Waals surface area contributed by atoms with Crippen molar-refractivity contribution in [3.05, 3.63) is 0 Å². The van der Waals surface area contributed by atoms with Crippen LogP contribution < -0.4 is 0 Å². The van der Waals surface area contributed by atoms with Crippen molar-refractivity contribution in [1.29, 1.82) is 0 Å². The molecule has 0 bridgehead atoms. The number of hydrogen-bond acceptors (Lipinski definition) is 0. The first-order valence-corrected chi connectivity index (χ1v) is 24.5. The van der Waals surface area contributed by atoms with E-state index in [1.165, 1.54) is 0 Å². The van der Waals surface area contributed by atoms with Crippen LogP contribution in [-0.4, -0.2) is 11.0 Å². The Labute approximate surface area is 87.1 Å². The van der Waals surface area contributed by atoms with Crippen LogP contribution in [0.3, 0.4) is 0 Å². The Bertz CT molecular complexity index is 25.2. The monoisotopic (exact) mass is 642 g/mol. The Morgan fingerprint density at radius 2 is 0.714 bits per heavy atom. The van der Waals surface area contributed by atoms with Crippen LogP contribution in [0.15, 0.2) is 0 Å². The van der Waals surface area contributed by atoms with Gasteiger partial charge >= 0.3 is 78.7 Å². The number of rotatable bonds is 0. The maximum atomic E-state index is 2.53. The van der Waals surface area contributed by atoms with Crippen LogP contribution in [0.5, 0.6) is 0 Å². The predicted molar refractivity (Wildman–Crippen MR) is 63.3 cm³/mol. The molecular formula is H4I4MoO2. The first-order valence-electron chi connectivity index (χ1n) is 0.617. The molecule has 7 heavy (non-hydrogen) atoms. The van der Waals surface area contributed by atoms with E-state index >= 15 is 0 Å². The first kappa shape index (κ1) is 16.9. The molecule has 0 aromatic rings. The van der Waals surface area contributed by atoms with Gasteiger partial charge in [0.2, 0.25) is 0 Å². The maximum absolute atomic E-state index is 2.53. The molecule has 50 valence electrons. The zero-order valence-corrected chi connectivity index (χ0v) is 13.6. The molecule has 0 saturated heterocycles. The third-order valence-electron chi connectivity index (χ3n) is 0. The number of halogens is 4. The quantitative estimate of drug-likeness (QED) is 0.288. The van der Waals surface area contributed by atoms with Crippen molar-refractivity contribution in [3.63, 3.8) is 0 Å². The van der Waals surface area contributed by atoms with E-state index in [1.807, 2.05) is 0 Å². The predicted octanol–water partition coefficient (Wildman–Crippen LogP) is 1.89. The van der Waals surface area contributed by atoms with Gasteiger partial charge < -0.3 is 11.0 Å². The van der Waals surface area contributed by atoms with Gasteiger partial charge in [-0.3, -0.25) is 0 Å². The molecule has 4 N–H and O–H groups in total. The van der Waals surface area contributed by atoms with Crippen LogP contribution in [0.4, 0.5) is 0 Å². The third-order valence-corrected chi connectivity index (χ3v) is 0. The minimum absolute atomic E-state index is 0. The average molecular weight is 640 g/mol. The molecule has 0 spiro atoms. The van der Waals surface area contributed by atoms with Gasteiger partial charge in [0, 0.05) is 0 Å². The van der Waals surface area contributed by atoms with Crippen molar-refractivity contribution in [2.75, 3.05) is 0 Å². The van der Waals surface area contributed by atoms with E-state index in [1.54, 1.807) is 0 Å². The SMILES string of the molecule is O.O.[I][Mo]([I])([I])[I]. The minimum atomic E-state index is -1.14. The molecule has 0 aliphatic carbocycles. The van der Waals surface area contributed by atoms with Gasteiger partial charge in [-0.05, 0) is 0 Å². The molecule has 0 aromatic carbocycles. The molecule has 0 saturated carbocycles. The van der Waals surface area contributed by atoms with E-state index in [-0.39, 0.29) is 11.0 Å². The summed E-state index contributed by atoms with van der Waals surface area (Å²) >= 11 is 10.1. The first-order chi connectivity index (χ1) is 2.00. The van der Waals surface area contributed by atoms with Gasteiger partial charge in [-0.15, -0.1) is 0 Å². The van der Waals surface area contributed by atoms with Gasteiger partial charge in [-0.25, -0.2) is 0 Å². The molecule has 0 aromatic heterocycles. The van der Waals surface area contributed by atoms with Gasteiger partial charge in [0.05, 0.1) is 0 Å². The van der Waals surface area contributed by atoms with E-state index in [9.17, 15) is 0 Å². The second-order valence-electron chi connectivity index (χ2n) is 0.350. The molecule has 0 rings (SSSR count). The van der Waals surface area contributed by atoms with E-state index in [0.717, 1.165) is 0 Å². The number of hydrogen-bond donors (Lipinski definition) is 0. The Morgan fingerprint density at radius 1 is 0.714 bits per heavy atom. The van der Waals surface area contributed by atoms with Gasteiger partial charge in [0.1, 0.15) is 0 Å². The van der Waals surface area contributed by atoms with Gasteiger partial charge in [-0.2, -0.15) is 0 Å². The van der Waals surface area contributed by atoms with Crippen molar-refractivity contribution in [2.24, 2.45) is 0 Å². The zero-order chi connectivity index (χ0) is 4.50. The fourth-order valence-corrected chi connectivity index (χ4v) is 0. The van der Waals surface area contributed by atoms with E-state index in [2.05, 4.69) is 77.4 Å². The fourth-order valence-electron chi connectivity index (χ4n) is 0. The zero-order valence-electron chi connectivity index (χ0n) is 2.92. The summed E-state index contributed by atoms with van der Waals surface area (Å²) in [7, 11) is 0. The van der Waals surface area contributed by atoms with Crippen molar-refractivity contribution < 1.29 is 12.3 Å². The Morgan fingerprint density at radius 3 is 0.714 bits per heavy atom. The topological polar surface area (TPSA) is 63.0 Å². The molecule has 7 heteroatoms. The third kappa shape index (κ3) is 43.4. The van der Waals surface area contributed by atoms with Crippen LogP contribution in [0.2, 0.25) is 0 Å². The molecule has 0 aliphatic rings. The van der Waals surface area contributed by atoms with Crippen LogP contribution in [-0.2, 0) is 1.33 Å². The van der Waals surface area contributed by atoms with Crippen LogP contribution >= 0.6 is 77.4 Å². The summed E-state index contributed by atoms with van der Waals surface area (Å²) in [6.45, 7) is 0. The summed E-state index contributed by atoms with van der Waals surface area (Å²) in [5.41, 5.74) is 0. The molecule has 2 nitrogen and oxygen atoms in total. The summed E-state index contributed by atoms with van der Waals surface area (Å²) in [5.74, 6) is 0. The molecule has 0 heterocycles. The Kier molecular flexibility index (Phi) is 18.4. The molecule has 0 radical (unpaired) electrons. The molecule has 0 amide bonds. The summed E-state index contributed by atoms with van der Waals surface area (Å²) in [6, 6.07) is 0. The second kappa shape index (κ2) is 7.63. The molecular weight excluding hydrogens is 636 g/mol. The standard InChI is InChI=1S/4HI.Mo.2H2O/h4*1H;;2*1H2/q;;;;+4;;/p-4. The molecule has 0 fully saturated rings. The van der Waals surface area contributed by atoms with Gasteiger partial charge in [0.15, 0.2) is 0 Å². The summed E-state index contributed by atoms with van der Waals surface area (Å²) < 4.78 is -1.14. The van der Waals surface area contributed by atoms with E-state index in [4.69, 9.17) is 0 Å². The van der Waals surface area contributed by atoms with Gasteiger partial charge in [0.25, 0.3) is 0 Å². The van der Waals surface area contributed by atoms with Crippen LogP contribution in [0, 0.1) is 0 Å². The molecule has 0 aliphatic heterocycles. The Balaban J connectivity index is -0.0000000800. The van der Waals surface area contributed by atoms with E-state index < -0.39 is 1.33 Å². The second-order valence-corrected chi connectivity index (χ2v) is 93.2. The van der Waals surface area contributed by atoms with Crippen LogP contribution in [0.25, 0.3) is 0 Å². The van der Waals surface area contributed by atoms with Crippen molar-refractivity contribution in [2.45, 2.75) is 0 Å². The van der Waals surface area contributed by atoms with E-state index in [0.29, 0.717) is 0 Å². The van der Waals surface area contributed by atoms with Crippen molar-refractivity contribution in [3.8, 4) is 0 Å². The van der Waals surface area contributed by atoms with Crippen molar-refractivity contribution >= 4 is 77.4 Å².